The van der Waals surface area contributed by atoms with Gasteiger partial charge >= 0.3 is 0 Å². The van der Waals surface area contributed by atoms with Gasteiger partial charge in [0.2, 0.25) is 10.0 Å². The average Bonchev–Trinajstić information content (AvgIpc) is 2.06. The summed E-state index contributed by atoms with van der Waals surface area (Å²) in [5, 5.41) is 3.56. The van der Waals surface area contributed by atoms with Gasteiger partial charge in [-0.2, -0.15) is 5.10 Å². The molecule has 76 valence electrons. The molecule has 0 bridgehead atoms. The quantitative estimate of drug-likeness (QED) is 0.669. The number of sulfonamides is 1. The largest absolute Gasteiger partial charge is 0.244 e. The van der Waals surface area contributed by atoms with E-state index in [9.17, 15) is 8.42 Å². The second kappa shape index (κ2) is 4.56. The zero-order chi connectivity index (χ0) is 10.6. The molecule has 1 aromatic carbocycles. The first-order chi connectivity index (χ1) is 6.47. The molecular weight excluding hydrogens is 268 g/mol. The van der Waals surface area contributed by atoms with Crippen LogP contribution in [0.25, 0.3) is 0 Å². The summed E-state index contributed by atoms with van der Waals surface area (Å²) >= 11 is 3.29. The highest BCUT2D eigenvalue weighted by Crippen LogP contribution is 2.08. The lowest BCUT2D eigenvalue weighted by atomic mass is 10.2. The predicted molar refractivity (Wildman–Crippen MR) is 59.7 cm³/mol. The maximum atomic E-state index is 10.6. The van der Waals surface area contributed by atoms with Gasteiger partial charge in [-0.05, 0) is 17.7 Å². The molecule has 0 unspecified atom stereocenters. The molecular formula is C8H9BrN2O2S. The van der Waals surface area contributed by atoms with Crippen molar-refractivity contribution >= 4 is 32.2 Å². The fraction of sp³-hybridized carbons (Fsp3) is 0.125. The third kappa shape index (κ3) is 4.38. The summed E-state index contributed by atoms with van der Waals surface area (Å²) in [4.78, 5) is 2.01. The summed E-state index contributed by atoms with van der Waals surface area (Å²) in [6, 6.07) is 7.33. The van der Waals surface area contributed by atoms with Crippen molar-refractivity contribution in [2.45, 2.75) is 0 Å². The second-order valence-corrected chi connectivity index (χ2v) is 5.32. The van der Waals surface area contributed by atoms with Gasteiger partial charge in [0.05, 0.1) is 12.5 Å². The van der Waals surface area contributed by atoms with Gasteiger partial charge in [0.15, 0.2) is 0 Å². The summed E-state index contributed by atoms with van der Waals surface area (Å²) in [5.74, 6) is 0. The van der Waals surface area contributed by atoms with Crippen molar-refractivity contribution in [3.05, 3.63) is 34.3 Å². The van der Waals surface area contributed by atoms with Gasteiger partial charge in [0.1, 0.15) is 0 Å². The molecule has 1 N–H and O–H groups in total. The zero-order valence-corrected chi connectivity index (χ0v) is 9.84. The molecule has 0 fully saturated rings. The Balaban J connectivity index is 2.65. The van der Waals surface area contributed by atoms with Crippen LogP contribution in [0.4, 0.5) is 0 Å². The molecule has 1 aromatic rings. The summed E-state index contributed by atoms with van der Waals surface area (Å²) in [5.41, 5.74) is 0.823. The summed E-state index contributed by atoms with van der Waals surface area (Å²) < 4.78 is 22.3. The number of hydrogen-bond donors (Lipinski definition) is 1. The topological polar surface area (TPSA) is 58.5 Å². The Labute approximate surface area is 91.2 Å². The molecule has 0 radical (unpaired) electrons. The van der Waals surface area contributed by atoms with Crippen molar-refractivity contribution in [1.29, 1.82) is 0 Å². The first-order valence-corrected chi connectivity index (χ1v) is 6.41. The Kier molecular flexibility index (Phi) is 3.65. The molecule has 0 aliphatic heterocycles. The zero-order valence-electron chi connectivity index (χ0n) is 7.44. The highest BCUT2D eigenvalue weighted by molar-refractivity contribution is 9.10. The normalized spacial score (nSPS) is 11.9. The predicted octanol–water partition coefficient (Wildman–Crippen LogP) is 1.33. The number of nitrogens with one attached hydrogen (secondary N) is 1. The van der Waals surface area contributed by atoms with E-state index in [0.29, 0.717) is 0 Å². The number of rotatable bonds is 3. The van der Waals surface area contributed by atoms with E-state index in [1.165, 1.54) is 6.21 Å². The van der Waals surface area contributed by atoms with Gasteiger partial charge in [0, 0.05) is 4.47 Å². The number of benzene rings is 1. The van der Waals surface area contributed by atoms with Crippen LogP contribution in [0.15, 0.2) is 33.8 Å². The third-order valence-electron chi connectivity index (χ3n) is 1.30. The molecule has 0 amide bonds. The lowest BCUT2D eigenvalue weighted by molar-refractivity contribution is 0.591. The maximum Gasteiger partial charge on any atom is 0.244 e. The van der Waals surface area contributed by atoms with Crippen molar-refractivity contribution in [2.24, 2.45) is 5.10 Å². The first kappa shape index (κ1) is 11.2. The first-order valence-electron chi connectivity index (χ1n) is 3.73. The molecule has 4 nitrogen and oxygen atoms in total. The summed E-state index contributed by atoms with van der Waals surface area (Å²) in [6.45, 7) is 0. The number of hydrazone groups is 1. The average molecular weight is 277 g/mol. The third-order valence-corrected chi connectivity index (χ3v) is 2.27. The minimum atomic E-state index is -3.26. The van der Waals surface area contributed by atoms with Crippen LogP contribution in [-0.2, 0) is 10.0 Å². The molecule has 1 rings (SSSR count). The number of halogens is 1. The van der Waals surface area contributed by atoms with Gasteiger partial charge in [-0.3, -0.25) is 0 Å². The molecule has 0 spiro atoms. The molecule has 0 saturated carbocycles. The SMILES string of the molecule is CS(=O)(=O)NN=Cc1ccc(Br)cc1. The Morgan fingerprint density at radius 3 is 2.43 bits per heavy atom. The molecule has 6 heteroatoms. The van der Waals surface area contributed by atoms with Gasteiger partial charge in [-0.25, -0.2) is 13.2 Å². The van der Waals surface area contributed by atoms with Crippen LogP contribution in [0.5, 0.6) is 0 Å². The molecule has 0 atom stereocenters. The summed E-state index contributed by atoms with van der Waals surface area (Å²) in [6.07, 6.45) is 2.49. The molecule has 0 aliphatic rings. The Morgan fingerprint density at radius 1 is 1.36 bits per heavy atom. The fourth-order valence-electron chi connectivity index (χ4n) is 0.745. The lowest BCUT2D eigenvalue weighted by Gasteiger charge is -1.95. The van der Waals surface area contributed by atoms with Crippen molar-refractivity contribution < 1.29 is 8.42 Å². The highest BCUT2D eigenvalue weighted by atomic mass is 79.9. The minimum absolute atomic E-state index is 0.823. The number of nitrogens with zero attached hydrogens (tertiary/aromatic N) is 1. The van der Waals surface area contributed by atoms with E-state index in [-0.39, 0.29) is 0 Å². The van der Waals surface area contributed by atoms with Crippen LogP contribution < -0.4 is 4.83 Å². The van der Waals surface area contributed by atoms with E-state index in [1.807, 2.05) is 29.1 Å². The smallest absolute Gasteiger partial charge is 0.206 e. The van der Waals surface area contributed by atoms with Gasteiger partial charge < -0.3 is 0 Å². The van der Waals surface area contributed by atoms with Crippen molar-refractivity contribution in [3.8, 4) is 0 Å². The Bertz CT molecular complexity index is 425. The van der Waals surface area contributed by atoms with E-state index >= 15 is 0 Å². The van der Waals surface area contributed by atoms with Crippen molar-refractivity contribution in [3.63, 3.8) is 0 Å². The van der Waals surface area contributed by atoms with Crippen LogP contribution in [0.2, 0.25) is 0 Å². The molecule has 14 heavy (non-hydrogen) atoms. The monoisotopic (exact) mass is 276 g/mol. The van der Waals surface area contributed by atoms with Crippen LogP contribution in [0, 0.1) is 0 Å². The fourth-order valence-corrected chi connectivity index (χ4v) is 1.25. The Morgan fingerprint density at radius 2 is 1.93 bits per heavy atom. The van der Waals surface area contributed by atoms with E-state index in [4.69, 9.17) is 0 Å². The van der Waals surface area contributed by atoms with Crippen molar-refractivity contribution in [1.82, 2.24) is 4.83 Å². The van der Waals surface area contributed by atoms with Crippen LogP contribution in [0.1, 0.15) is 5.56 Å². The molecule has 0 aromatic heterocycles. The van der Waals surface area contributed by atoms with Crippen LogP contribution in [-0.4, -0.2) is 20.9 Å². The minimum Gasteiger partial charge on any atom is -0.206 e. The second-order valence-electron chi connectivity index (χ2n) is 2.67. The van der Waals surface area contributed by atoms with E-state index in [0.717, 1.165) is 16.3 Å². The van der Waals surface area contributed by atoms with Gasteiger partial charge in [-0.15, -0.1) is 0 Å². The van der Waals surface area contributed by atoms with E-state index in [1.54, 1.807) is 0 Å². The van der Waals surface area contributed by atoms with Crippen LogP contribution in [0.3, 0.4) is 0 Å². The summed E-state index contributed by atoms with van der Waals surface area (Å²) in [7, 11) is -3.26. The lowest BCUT2D eigenvalue weighted by Crippen LogP contribution is -2.15. The Hall–Kier alpha value is -0.880. The molecule has 0 saturated heterocycles. The van der Waals surface area contributed by atoms with Crippen LogP contribution >= 0.6 is 15.9 Å². The van der Waals surface area contributed by atoms with E-state index in [2.05, 4.69) is 21.0 Å². The van der Waals surface area contributed by atoms with E-state index < -0.39 is 10.0 Å². The molecule has 0 heterocycles. The maximum absolute atomic E-state index is 10.6. The van der Waals surface area contributed by atoms with Crippen molar-refractivity contribution in [2.75, 3.05) is 6.26 Å². The highest BCUT2D eigenvalue weighted by Gasteiger charge is 1.94. The van der Waals surface area contributed by atoms with Gasteiger partial charge in [-0.1, -0.05) is 28.1 Å². The van der Waals surface area contributed by atoms with Gasteiger partial charge in [0.25, 0.3) is 0 Å². The number of hydrogen-bond acceptors (Lipinski definition) is 3. The standard InChI is InChI=1S/C8H9BrN2O2S/c1-14(12,13)11-10-6-7-2-4-8(9)5-3-7/h2-6,11H,1H3. The molecule has 0 aliphatic carbocycles.